The molecule has 3 nitrogen and oxygen atoms in total. The molecule has 1 aromatic heterocycles. The van der Waals surface area contributed by atoms with E-state index in [0.29, 0.717) is 5.41 Å². The van der Waals surface area contributed by atoms with E-state index in [1.54, 1.807) is 6.26 Å². The van der Waals surface area contributed by atoms with E-state index in [2.05, 4.69) is 37.1 Å². The molecule has 1 unspecified atom stereocenters. The molecule has 0 aromatic carbocycles. The van der Waals surface area contributed by atoms with E-state index >= 15 is 0 Å². The van der Waals surface area contributed by atoms with Gasteiger partial charge >= 0.3 is 0 Å². The summed E-state index contributed by atoms with van der Waals surface area (Å²) in [4.78, 5) is 2.50. The van der Waals surface area contributed by atoms with Crippen LogP contribution in [-0.4, -0.2) is 30.6 Å². The molecular weight excluding hydrogens is 248 g/mol. The van der Waals surface area contributed by atoms with Crippen molar-refractivity contribution in [3.8, 4) is 0 Å². The summed E-state index contributed by atoms with van der Waals surface area (Å²) in [6, 6.07) is 4.84. The Labute approximate surface area is 123 Å². The standard InChI is InChI=1S/C17H30N2O/c1-4-10-17(3,13-18-15-8-9-15)14-19(5-2)12-16-7-6-11-20-16/h6-7,11,15,18H,4-5,8-10,12-14H2,1-3H3. The summed E-state index contributed by atoms with van der Waals surface area (Å²) in [6.07, 6.45) is 7.03. The van der Waals surface area contributed by atoms with Gasteiger partial charge < -0.3 is 9.73 Å². The average Bonchev–Trinajstić information content (AvgIpc) is 3.13. The zero-order valence-corrected chi connectivity index (χ0v) is 13.3. The first kappa shape index (κ1) is 15.6. The van der Waals surface area contributed by atoms with Gasteiger partial charge in [0.2, 0.25) is 0 Å². The third kappa shape index (κ3) is 4.95. The van der Waals surface area contributed by atoms with Crippen molar-refractivity contribution in [3.63, 3.8) is 0 Å². The quantitative estimate of drug-likeness (QED) is 0.708. The van der Waals surface area contributed by atoms with Crippen molar-refractivity contribution in [2.45, 2.75) is 59.0 Å². The van der Waals surface area contributed by atoms with Crippen LogP contribution in [0.5, 0.6) is 0 Å². The molecule has 114 valence electrons. The van der Waals surface area contributed by atoms with Gasteiger partial charge in [-0.3, -0.25) is 4.90 Å². The van der Waals surface area contributed by atoms with Crippen molar-refractivity contribution in [3.05, 3.63) is 24.2 Å². The van der Waals surface area contributed by atoms with Crippen LogP contribution in [0.3, 0.4) is 0 Å². The lowest BCUT2D eigenvalue weighted by Crippen LogP contribution is -2.42. The SMILES string of the molecule is CCCC(C)(CNC1CC1)CN(CC)Cc1ccco1. The van der Waals surface area contributed by atoms with Gasteiger partial charge in [-0.25, -0.2) is 0 Å². The molecule has 1 heterocycles. The normalized spacial score (nSPS) is 18.4. The Morgan fingerprint density at radius 2 is 2.20 bits per heavy atom. The Morgan fingerprint density at radius 1 is 1.40 bits per heavy atom. The molecule has 1 saturated carbocycles. The van der Waals surface area contributed by atoms with Crippen molar-refractivity contribution < 1.29 is 4.42 Å². The van der Waals surface area contributed by atoms with Crippen LogP contribution in [0.1, 0.15) is 52.2 Å². The largest absolute Gasteiger partial charge is 0.468 e. The second kappa shape index (κ2) is 7.28. The highest BCUT2D eigenvalue weighted by molar-refractivity contribution is 4.98. The van der Waals surface area contributed by atoms with E-state index < -0.39 is 0 Å². The molecule has 0 bridgehead atoms. The van der Waals surface area contributed by atoms with E-state index in [-0.39, 0.29) is 0 Å². The number of hydrogen-bond donors (Lipinski definition) is 1. The van der Waals surface area contributed by atoms with Crippen molar-refractivity contribution in [1.82, 2.24) is 10.2 Å². The Hall–Kier alpha value is -0.800. The summed E-state index contributed by atoms with van der Waals surface area (Å²) in [6.45, 7) is 11.2. The van der Waals surface area contributed by atoms with E-state index in [9.17, 15) is 0 Å². The van der Waals surface area contributed by atoms with Crippen LogP contribution < -0.4 is 5.32 Å². The monoisotopic (exact) mass is 278 g/mol. The van der Waals surface area contributed by atoms with Gasteiger partial charge in [0.25, 0.3) is 0 Å². The molecule has 1 atom stereocenters. The van der Waals surface area contributed by atoms with Crippen LogP contribution in [0.4, 0.5) is 0 Å². The summed E-state index contributed by atoms with van der Waals surface area (Å²) >= 11 is 0. The van der Waals surface area contributed by atoms with Gasteiger partial charge in [0.1, 0.15) is 5.76 Å². The lowest BCUT2D eigenvalue weighted by Gasteiger charge is -2.35. The fourth-order valence-corrected chi connectivity index (χ4v) is 2.95. The Bertz CT molecular complexity index is 372. The first-order valence-electron chi connectivity index (χ1n) is 8.13. The highest BCUT2D eigenvalue weighted by atomic mass is 16.3. The van der Waals surface area contributed by atoms with Crippen molar-refractivity contribution in [2.24, 2.45) is 5.41 Å². The molecule has 0 saturated heterocycles. The van der Waals surface area contributed by atoms with Crippen LogP contribution in [0.15, 0.2) is 22.8 Å². The number of rotatable bonds is 10. The molecule has 0 spiro atoms. The minimum atomic E-state index is 0.361. The van der Waals surface area contributed by atoms with Crippen molar-refractivity contribution in [2.75, 3.05) is 19.6 Å². The topological polar surface area (TPSA) is 28.4 Å². The average molecular weight is 278 g/mol. The van der Waals surface area contributed by atoms with Gasteiger partial charge in [0, 0.05) is 19.1 Å². The van der Waals surface area contributed by atoms with Crippen molar-refractivity contribution in [1.29, 1.82) is 0 Å². The minimum absolute atomic E-state index is 0.361. The summed E-state index contributed by atoms with van der Waals surface area (Å²) in [5.74, 6) is 1.07. The smallest absolute Gasteiger partial charge is 0.117 e. The predicted octanol–water partition coefficient (Wildman–Crippen LogP) is 3.66. The first-order chi connectivity index (χ1) is 9.65. The van der Waals surface area contributed by atoms with Crippen LogP contribution in [0, 0.1) is 5.41 Å². The van der Waals surface area contributed by atoms with E-state index in [0.717, 1.165) is 38.0 Å². The lowest BCUT2D eigenvalue weighted by atomic mass is 9.84. The molecule has 1 N–H and O–H groups in total. The second-order valence-electron chi connectivity index (χ2n) is 6.60. The molecule has 3 heteroatoms. The lowest BCUT2D eigenvalue weighted by molar-refractivity contribution is 0.141. The highest BCUT2D eigenvalue weighted by Gasteiger charge is 2.29. The third-order valence-electron chi connectivity index (χ3n) is 4.26. The van der Waals surface area contributed by atoms with Gasteiger partial charge in [0.05, 0.1) is 12.8 Å². The molecule has 1 aromatic rings. The number of furan rings is 1. The summed E-state index contributed by atoms with van der Waals surface area (Å²) in [5.41, 5.74) is 0.361. The fourth-order valence-electron chi connectivity index (χ4n) is 2.95. The molecule has 20 heavy (non-hydrogen) atoms. The predicted molar refractivity (Wildman–Crippen MR) is 83.7 cm³/mol. The molecule has 0 aliphatic heterocycles. The van der Waals surface area contributed by atoms with Gasteiger partial charge in [-0.1, -0.05) is 27.2 Å². The summed E-state index contributed by atoms with van der Waals surface area (Å²) in [5, 5.41) is 3.72. The van der Waals surface area contributed by atoms with Gasteiger partial charge in [-0.15, -0.1) is 0 Å². The fraction of sp³-hybridized carbons (Fsp3) is 0.765. The highest BCUT2D eigenvalue weighted by Crippen LogP contribution is 2.27. The van der Waals surface area contributed by atoms with Crippen LogP contribution in [0.2, 0.25) is 0 Å². The number of nitrogens with one attached hydrogen (secondary N) is 1. The first-order valence-corrected chi connectivity index (χ1v) is 8.13. The number of nitrogens with zero attached hydrogens (tertiary/aromatic N) is 1. The molecule has 0 radical (unpaired) electrons. The molecule has 1 aliphatic carbocycles. The third-order valence-corrected chi connectivity index (χ3v) is 4.26. The molecule has 0 amide bonds. The van der Waals surface area contributed by atoms with Crippen molar-refractivity contribution >= 4 is 0 Å². The Balaban J connectivity index is 1.88. The maximum Gasteiger partial charge on any atom is 0.117 e. The zero-order chi connectivity index (χ0) is 14.4. The van der Waals surface area contributed by atoms with E-state index in [1.807, 2.05) is 6.07 Å². The second-order valence-corrected chi connectivity index (χ2v) is 6.60. The van der Waals surface area contributed by atoms with Gasteiger partial charge in [0.15, 0.2) is 0 Å². The maximum atomic E-state index is 5.49. The molecular formula is C17H30N2O. The zero-order valence-electron chi connectivity index (χ0n) is 13.3. The van der Waals surface area contributed by atoms with Gasteiger partial charge in [-0.2, -0.15) is 0 Å². The van der Waals surface area contributed by atoms with Gasteiger partial charge in [-0.05, 0) is 43.4 Å². The molecule has 1 fully saturated rings. The van der Waals surface area contributed by atoms with E-state index in [1.165, 1.54) is 25.7 Å². The Morgan fingerprint density at radius 3 is 2.75 bits per heavy atom. The Kier molecular flexibility index (Phi) is 5.67. The summed E-state index contributed by atoms with van der Waals surface area (Å²) in [7, 11) is 0. The van der Waals surface area contributed by atoms with Crippen LogP contribution in [-0.2, 0) is 6.54 Å². The van der Waals surface area contributed by atoms with Crippen LogP contribution in [0.25, 0.3) is 0 Å². The van der Waals surface area contributed by atoms with Crippen LogP contribution >= 0.6 is 0 Å². The number of hydrogen-bond acceptors (Lipinski definition) is 3. The molecule has 1 aliphatic rings. The van der Waals surface area contributed by atoms with E-state index in [4.69, 9.17) is 4.42 Å². The molecule has 2 rings (SSSR count). The maximum absolute atomic E-state index is 5.49. The summed E-state index contributed by atoms with van der Waals surface area (Å²) < 4.78 is 5.49. The minimum Gasteiger partial charge on any atom is -0.468 e.